The Balaban J connectivity index is 2.71. The van der Waals surface area contributed by atoms with Crippen LogP contribution in [-0.4, -0.2) is 14.8 Å². The number of nitrogens with one attached hydrogen (secondary N) is 1. The van der Waals surface area contributed by atoms with Crippen molar-refractivity contribution >= 4 is 0 Å². The summed E-state index contributed by atoms with van der Waals surface area (Å²) in [6, 6.07) is 0. The molecule has 0 aromatic carbocycles. The average Bonchev–Trinajstić information content (AvgIpc) is 2.63. The molecule has 0 radical (unpaired) electrons. The van der Waals surface area contributed by atoms with E-state index in [9.17, 15) is 4.79 Å². The molecule has 13 heavy (non-hydrogen) atoms. The first-order chi connectivity index (χ1) is 6.20. The zero-order chi connectivity index (χ0) is 9.42. The third kappa shape index (κ3) is 1.09. The quantitative estimate of drug-likeness (QED) is 0.700. The minimum Gasteiger partial charge on any atom is -0.444 e. The highest BCUT2D eigenvalue weighted by atomic mass is 16.3. The Labute approximate surface area is 74.0 Å². The normalized spacial score (nSPS) is 10.6. The Morgan fingerprint density at radius 1 is 1.62 bits per heavy atom. The second-order valence-corrected chi connectivity index (χ2v) is 2.81. The molecule has 0 aliphatic heterocycles. The SMILES string of the molecule is Cc1[nH]n(C)c(=O)c1-c1ncco1. The number of H-pyrrole nitrogens is 1. The maximum absolute atomic E-state index is 11.5. The summed E-state index contributed by atoms with van der Waals surface area (Å²) in [5, 5.41) is 2.87. The zero-order valence-electron chi connectivity index (χ0n) is 7.37. The second-order valence-electron chi connectivity index (χ2n) is 2.81. The molecule has 0 unspecified atom stereocenters. The van der Waals surface area contributed by atoms with Crippen LogP contribution < -0.4 is 5.56 Å². The lowest BCUT2D eigenvalue weighted by Crippen LogP contribution is -2.13. The van der Waals surface area contributed by atoms with Crippen LogP contribution in [0, 0.1) is 6.92 Å². The van der Waals surface area contributed by atoms with Crippen molar-refractivity contribution in [3.8, 4) is 11.5 Å². The maximum Gasteiger partial charge on any atom is 0.279 e. The highest BCUT2D eigenvalue weighted by Crippen LogP contribution is 2.14. The summed E-state index contributed by atoms with van der Waals surface area (Å²) in [6.07, 6.45) is 2.96. The molecule has 0 saturated heterocycles. The highest BCUT2D eigenvalue weighted by Gasteiger charge is 2.14. The molecule has 0 aliphatic rings. The predicted octanol–water partition coefficient (Wildman–Crippen LogP) is 0.677. The van der Waals surface area contributed by atoms with Crippen LogP contribution in [0.5, 0.6) is 0 Å². The molecule has 68 valence electrons. The van der Waals surface area contributed by atoms with Gasteiger partial charge in [0.05, 0.1) is 6.20 Å². The van der Waals surface area contributed by atoms with E-state index in [1.54, 1.807) is 14.0 Å². The molecule has 0 atom stereocenters. The fourth-order valence-corrected chi connectivity index (χ4v) is 1.29. The van der Waals surface area contributed by atoms with Crippen LogP contribution in [0.15, 0.2) is 21.7 Å². The number of rotatable bonds is 1. The van der Waals surface area contributed by atoms with E-state index >= 15 is 0 Å². The molecule has 2 aromatic heterocycles. The predicted molar refractivity (Wildman–Crippen MR) is 46.3 cm³/mol. The first-order valence-electron chi connectivity index (χ1n) is 3.85. The molecule has 0 saturated carbocycles. The van der Waals surface area contributed by atoms with Crippen molar-refractivity contribution < 1.29 is 4.42 Å². The number of oxazole rings is 1. The molecular formula is C8H9N3O2. The van der Waals surface area contributed by atoms with Gasteiger partial charge in [-0.05, 0) is 6.92 Å². The molecule has 2 rings (SSSR count). The van der Waals surface area contributed by atoms with Crippen molar-refractivity contribution in [2.24, 2.45) is 7.05 Å². The smallest absolute Gasteiger partial charge is 0.279 e. The Bertz CT molecular complexity index is 464. The molecular weight excluding hydrogens is 170 g/mol. The minimum absolute atomic E-state index is 0.125. The third-order valence-corrected chi connectivity index (χ3v) is 1.88. The van der Waals surface area contributed by atoms with Gasteiger partial charge in [0, 0.05) is 12.7 Å². The van der Waals surface area contributed by atoms with Crippen LogP contribution in [0.4, 0.5) is 0 Å². The molecule has 5 nitrogen and oxygen atoms in total. The molecule has 0 aliphatic carbocycles. The van der Waals surface area contributed by atoms with Gasteiger partial charge in [-0.1, -0.05) is 0 Å². The summed E-state index contributed by atoms with van der Waals surface area (Å²) in [4.78, 5) is 15.4. The van der Waals surface area contributed by atoms with Crippen LogP contribution in [-0.2, 0) is 7.05 Å². The van der Waals surface area contributed by atoms with Crippen molar-refractivity contribution in [3.05, 3.63) is 28.5 Å². The van der Waals surface area contributed by atoms with Gasteiger partial charge in [0.25, 0.3) is 5.56 Å². The van der Waals surface area contributed by atoms with Crippen molar-refractivity contribution in [2.75, 3.05) is 0 Å². The average molecular weight is 179 g/mol. The van der Waals surface area contributed by atoms with Crippen LogP contribution in [0.2, 0.25) is 0 Å². The summed E-state index contributed by atoms with van der Waals surface area (Å²) < 4.78 is 6.45. The molecule has 0 spiro atoms. The maximum atomic E-state index is 11.5. The van der Waals surface area contributed by atoms with Gasteiger partial charge in [-0.2, -0.15) is 0 Å². The van der Waals surface area contributed by atoms with Gasteiger partial charge >= 0.3 is 0 Å². The van der Waals surface area contributed by atoms with Gasteiger partial charge in [0.15, 0.2) is 0 Å². The van der Waals surface area contributed by atoms with Crippen molar-refractivity contribution in [2.45, 2.75) is 6.92 Å². The van der Waals surface area contributed by atoms with Crippen LogP contribution in [0.3, 0.4) is 0 Å². The van der Waals surface area contributed by atoms with E-state index in [4.69, 9.17) is 4.42 Å². The van der Waals surface area contributed by atoms with Gasteiger partial charge in [0.2, 0.25) is 5.89 Å². The highest BCUT2D eigenvalue weighted by molar-refractivity contribution is 5.54. The lowest BCUT2D eigenvalue weighted by atomic mass is 10.2. The number of hydrogen-bond acceptors (Lipinski definition) is 3. The van der Waals surface area contributed by atoms with Crippen molar-refractivity contribution in [1.82, 2.24) is 14.8 Å². The second kappa shape index (κ2) is 2.62. The van der Waals surface area contributed by atoms with Gasteiger partial charge in [-0.15, -0.1) is 0 Å². The molecule has 5 heteroatoms. The van der Waals surface area contributed by atoms with Gasteiger partial charge < -0.3 is 4.42 Å². The van der Waals surface area contributed by atoms with Crippen LogP contribution in [0.25, 0.3) is 11.5 Å². The van der Waals surface area contributed by atoms with Crippen LogP contribution in [0.1, 0.15) is 5.69 Å². The van der Waals surface area contributed by atoms with E-state index in [0.717, 1.165) is 5.69 Å². The van der Waals surface area contributed by atoms with Crippen LogP contribution >= 0.6 is 0 Å². The van der Waals surface area contributed by atoms with Gasteiger partial charge in [-0.25, -0.2) is 4.98 Å². The van der Waals surface area contributed by atoms with E-state index in [1.165, 1.54) is 17.1 Å². The summed E-state index contributed by atoms with van der Waals surface area (Å²) in [5.41, 5.74) is 1.13. The van der Waals surface area contributed by atoms with Crippen molar-refractivity contribution in [3.63, 3.8) is 0 Å². The Morgan fingerprint density at radius 2 is 2.38 bits per heavy atom. The van der Waals surface area contributed by atoms with E-state index in [-0.39, 0.29) is 5.56 Å². The Kier molecular flexibility index (Phi) is 1.58. The number of hydrogen-bond donors (Lipinski definition) is 1. The number of aromatic amines is 1. The topological polar surface area (TPSA) is 63.8 Å². The van der Waals surface area contributed by atoms with E-state index in [0.29, 0.717) is 11.5 Å². The standard InChI is InChI=1S/C8H9N3O2/c1-5-6(7-9-3-4-13-7)8(12)11(2)10-5/h3-4,10H,1-2H3. The largest absolute Gasteiger partial charge is 0.444 e. The molecule has 1 N–H and O–H groups in total. The summed E-state index contributed by atoms with van der Waals surface area (Å²) in [7, 11) is 1.65. The first kappa shape index (κ1) is 7.85. The molecule has 2 aromatic rings. The first-order valence-corrected chi connectivity index (χ1v) is 3.85. The minimum atomic E-state index is -0.125. The third-order valence-electron chi connectivity index (χ3n) is 1.88. The Morgan fingerprint density at radius 3 is 2.85 bits per heavy atom. The van der Waals surface area contributed by atoms with E-state index in [1.807, 2.05) is 0 Å². The zero-order valence-corrected chi connectivity index (χ0v) is 7.37. The van der Waals surface area contributed by atoms with Crippen molar-refractivity contribution in [1.29, 1.82) is 0 Å². The fourth-order valence-electron chi connectivity index (χ4n) is 1.29. The number of aryl methyl sites for hydroxylation is 2. The lowest BCUT2D eigenvalue weighted by Gasteiger charge is -1.87. The molecule has 0 fully saturated rings. The van der Waals surface area contributed by atoms with E-state index in [2.05, 4.69) is 10.1 Å². The summed E-state index contributed by atoms with van der Waals surface area (Å²) in [6.45, 7) is 1.81. The number of nitrogens with zero attached hydrogens (tertiary/aromatic N) is 2. The Hall–Kier alpha value is -1.78. The van der Waals surface area contributed by atoms with Gasteiger partial charge in [0.1, 0.15) is 11.8 Å². The lowest BCUT2D eigenvalue weighted by molar-refractivity contribution is 0.573. The monoisotopic (exact) mass is 179 g/mol. The molecule has 2 heterocycles. The van der Waals surface area contributed by atoms with E-state index < -0.39 is 0 Å². The summed E-state index contributed by atoms with van der Waals surface area (Å²) >= 11 is 0. The molecule has 0 amide bonds. The fraction of sp³-hybridized carbons (Fsp3) is 0.250. The molecule has 0 bridgehead atoms. The number of aromatic nitrogens is 3. The summed E-state index contributed by atoms with van der Waals surface area (Å²) in [5.74, 6) is 0.361. The van der Waals surface area contributed by atoms with Gasteiger partial charge in [-0.3, -0.25) is 14.6 Å².